The van der Waals surface area contributed by atoms with Crippen LogP contribution in [0.4, 0.5) is 0 Å². The summed E-state index contributed by atoms with van der Waals surface area (Å²) in [6.45, 7) is 3.60. The standard InChI is InChI=1S/C50H93NO9/c1-3-5-7-9-11-13-15-17-18-19-20-21-22-23-24-25-27-29-31-33-35-37-39-44(54)49(58)51-42(41-59-50-48(57)47(56)46(55)45(40-52)60-50)43(53)38-36-34-32-30-28-26-16-14-12-10-8-6-4-2/h20-21,23-24,36,38,42-48,50,52-57H,3-19,22,25-35,37,39-41H2,1-2H3,(H,51,58)/b21-20-,24-23-,38-36+. The molecule has 1 fully saturated rings. The molecule has 7 N–H and O–H groups in total. The van der Waals surface area contributed by atoms with Crippen molar-refractivity contribution in [3.8, 4) is 0 Å². The van der Waals surface area contributed by atoms with Gasteiger partial charge in [0.05, 0.1) is 25.4 Å². The zero-order valence-electron chi connectivity index (χ0n) is 38.3. The highest BCUT2D eigenvalue weighted by Gasteiger charge is 2.44. The number of aliphatic hydroxyl groups is 6. The van der Waals surface area contributed by atoms with Crippen molar-refractivity contribution < 1.29 is 44.9 Å². The van der Waals surface area contributed by atoms with E-state index in [1.165, 1.54) is 122 Å². The van der Waals surface area contributed by atoms with Gasteiger partial charge in [-0.3, -0.25) is 4.79 Å². The Morgan fingerprint density at radius 1 is 0.583 bits per heavy atom. The molecule has 0 aromatic rings. The summed E-state index contributed by atoms with van der Waals surface area (Å²) < 4.78 is 11.1. The van der Waals surface area contributed by atoms with E-state index in [-0.39, 0.29) is 6.61 Å². The third kappa shape index (κ3) is 29.6. The first-order valence-electron chi connectivity index (χ1n) is 24.8. The van der Waals surface area contributed by atoms with Crippen molar-refractivity contribution in [3.63, 3.8) is 0 Å². The van der Waals surface area contributed by atoms with Gasteiger partial charge in [0.15, 0.2) is 6.29 Å². The molecule has 0 aliphatic carbocycles. The molecule has 0 radical (unpaired) electrons. The van der Waals surface area contributed by atoms with Crippen LogP contribution in [0.25, 0.3) is 0 Å². The monoisotopic (exact) mass is 852 g/mol. The Hall–Kier alpha value is -1.63. The van der Waals surface area contributed by atoms with Crippen LogP contribution in [0.15, 0.2) is 36.5 Å². The number of allylic oxidation sites excluding steroid dienone is 5. The van der Waals surface area contributed by atoms with Gasteiger partial charge in [-0.2, -0.15) is 0 Å². The molecule has 0 aromatic carbocycles. The first-order chi connectivity index (χ1) is 29.3. The topological polar surface area (TPSA) is 169 Å². The van der Waals surface area contributed by atoms with E-state index in [2.05, 4.69) is 43.5 Å². The Kier molecular flexibility index (Phi) is 37.7. The lowest BCUT2D eigenvalue weighted by Crippen LogP contribution is -2.60. The Labute approximate surface area is 366 Å². The lowest BCUT2D eigenvalue weighted by Gasteiger charge is -2.40. The second kappa shape index (κ2) is 40.2. The quantitative estimate of drug-likeness (QED) is 0.0234. The molecule has 0 bridgehead atoms. The van der Waals surface area contributed by atoms with Crippen molar-refractivity contribution in [2.45, 2.75) is 262 Å². The number of nitrogens with one attached hydrogen (secondary N) is 1. The van der Waals surface area contributed by atoms with Crippen molar-refractivity contribution in [2.75, 3.05) is 13.2 Å². The summed E-state index contributed by atoms with van der Waals surface area (Å²) in [5, 5.41) is 64.7. The number of aliphatic hydroxyl groups excluding tert-OH is 6. The molecule has 0 spiro atoms. The number of rotatable bonds is 41. The van der Waals surface area contributed by atoms with E-state index < -0.39 is 61.5 Å². The molecule has 8 atom stereocenters. The van der Waals surface area contributed by atoms with Crippen LogP contribution in [-0.4, -0.2) is 98.7 Å². The Morgan fingerprint density at radius 2 is 1.02 bits per heavy atom. The van der Waals surface area contributed by atoms with E-state index in [4.69, 9.17) is 9.47 Å². The molecule has 1 heterocycles. The van der Waals surface area contributed by atoms with E-state index in [0.717, 1.165) is 64.2 Å². The second-order valence-electron chi connectivity index (χ2n) is 17.4. The lowest BCUT2D eigenvalue weighted by atomic mass is 9.99. The van der Waals surface area contributed by atoms with Crippen LogP contribution in [0.5, 0.6) is 0 Å². The Bertz CT molecular complexity index is 1050. The van der Waals surface area contributed by atoms with Gasteiger partial charge in [-0.05, 0) is 51.4 Å². The molecule has 1 saturated heterocycles. The molecule has 1 aliphatic heterocycles. The maximum Gasteiger partial charge on any atom is 0.249 e. The maximum absolute atomic E-state index is 13.1. The van der Waals surface area contributed by atoms with E-state index in [1.807, 2.05) is 6.08 Å². The van der Waals surface area contributed by atoms with E-state index in [1.54, 1.807) is 6.08 Å². The first kappa shape index (κ1) is 56.4. The van der Waals surface area contributed by atoms with Crippen LogP contribution in [0.3, 0.4) is 0 Å². The predicted molar refractivity (Wildman–Crippen MR) is 246 cm³/mol. The van der Waals surface area contributed by atoms with Crippen LogP contribution in [0, 0.1) is 0 Å². The van der Waals surface area contributed by atoms with Gasteiger partial charge in [-0.1, -0.05) is 198 Å². The molecule has 10 heteroatoms. The fourth-order valence-corrected chi connectivity index (χ4v) is 7.72. The summed E-state index contributed by atoms with van der Waals surface area (Å²) in [4.78, 5) is 13.1. The molecule has 10 nitrogen and oxygen atoms in total. The first-order valence-corrected chi connectivity index (χ1v) is 24.8. The summed E-state index contributed by atoms with van der Waals surface area (Å²) in [6.07, 6.45) is 39.4. The van der Waals surface area contributed by atoms with Crippen LogP contribution in [-0.2, 0) is 14.3 Å². The lowest BCUT2D eigenvalue weighted by molar-refractivity contribution is -0.302. The van der Waals surface area contributed by atoms with Crippen LogP contribution >= 0.6 is 0 Å². The van der Waals surface area contributed by atoms with E-state index in [0.29, 0.717) is 12.8 Å². The average Bonchev–Trinajstić information content (AvgIpc) is 3.25. The van der Waals surface area contributed by atoms with Crippen molar-refractivity contribution >= 4 is 5.91 Å². The number of ether oxygens (including phenoxy) is 2. The molecule has 8 unspecified atom stereocenters. The van der Waals surface area contributed by atoms with Gasteiger partial charge in [-0.25, -0.2) is 0 Å². The molecule has 1 amide bonds. The summed E-state index contributed by atoms with van der Waals surface area (Å²) in [5.74, 6) is -0.625. The molecule has 1 rings (SSSR count). The molecule has 60 heavy (non-hydrogen) atoms. The van der Waals surface area contributed by atoms with Crippen molar-refractivity contribution in [2.24, 2.45) is 0 Å². The van der Waals surface area contributed by atoms with Gasteiger partial charge in [-0.15, -0.1) is 0 Å². The summed E-state index contributed by atoms with van der Waals surface area (Å²) in [5.41, 5.74) is 0. The third-order valence-corrected chi connectivity index (χ3v) is 11.8. The zero-order chi connectivity index (χ0) is 43.9. The third-order valence-electron chi connectivity index (χ3n) is 11.8. The fourth-order valence-electron chi connectivity index (χ4n) is 7.72. The molecular weight excluding hydrogens is 759 g/mol. The average molecular weight is 852 g/mol. The van der Waals surface area contributed by atoms with Crippen molar-refractivity contribution in [3.05, 3.63) is 36.5 Å². The number of amides is 1. The van der Waals surface area contributed by atoms with Gasteiger partial charge in [0.2, 0.25) is 5.91 Å². The maximum atomic E-state index is 13.1. The minimum absolute atomic E-state index is 0.298. The number of hydrogen-bond acceptors (Lipinski definition) is 9. The highest BCUT2D eigenvalue weighted by Crippen LogP contribution is 2.23. The van der Waals surface area contributed by atoms with Gasteiger partial charge < -0.3 is 45.4 Å². The second-order valence-corrected chi connectivity index (χ2v) is 17.4. The number of carbonyl (C=O) groups excluding carboxylic acids is 1. The largest absolute Gasteiger partial charge is 0.394 e. The van der Waals surface area contributed by atoms with Gasteiger partial charge >= 0.3 is 0 Å². The minimum atomic E-state index is -1.61. The van der Waals surface area contributed by atoms with Crippen molar-refractivity contribution in [1.82, 2.24) is 5.32 Å². The summed E-state index contributed by atoms with van der Waals surface area (Å²) in [6, 6.07) is -0.984. The molecule has 1 aliphatic rings. The fraction of sp³-hybridized carbons (Fsp3) is 0.860. The van der Waals surface area contributed by atoms with Crippen molar-refractivity contribution in [1.29, 1.82) is 0 Å². The highest BCUT2D eigenvalue weighted by molar-refractivity contribution is 5.80. The van der Waals surface area contributed by atoms with Crippen LogP contribution in [0.1, 0.15) is 213 Å². The van der Waals surface area contributed by atoms with Crippen LogP contribution in [0.2, 0.25) is 0 Å². The number of unbranched alkanes of at least 4 members (excludes halogenated alkanes) is 26. The number of hydrogen-bond donors (Lipinski definition) is 7. The summed E-state index contributed by atoms with van der Waals surface area (Å²) in [7, 11) is 0. The Morgan fingerprint density at radius 3 is 1.48 bits per heavy atom. The van der Waals surface area contributed by atoms with E-state index >= 15 is 0 Å². The zero-order valence-corrected chi connectivity index (χ0v) is 38.3. The molecule has 0 aromatic heterocycles. The SMILES string of the molecule is CCCCCCCCCCC/C=C\C/C=C\CCCCCCCCC(O)C(=O)NC(COC1OC(CO)C(O)C(O)C1O)C(O)/C=C/CCCCCCCCCCCCC. The highest BCUT2D eigenvalue weighted by atomic mass is 16.7. The predicted octanol–water partition coefficient (Wildman–Crippen LogP) is 9.81. The normalized spacial score (nSPS) is 21.4. The Balaban J connectivity index is 2.35. The molecule has 352 valence electrons. The number of carbonyl (C=O) groups is 1. The van der Waals surface area contributed by atoms with E-state index in [9.17, 15) is 35.4 Å². The smallest absolute Gasteiger partial charge is 0.249 e. The van der Waals surface area contributed by atoms with Gasteiger partial charge in [0, 0.05) is 0 Å². The molecular formula is C50H93NO9. The molecule has 0 saturated carbocycles. The summed E-state index contributed by atoms with van der Waals surface area (Å²) >= 11 is 0. The van der Waals surface area contributed by atoms with Crippen LogP contribution < -0.4 is 5.32 Å². The van der Waals surface area contributed by atoms with Gasteiger partial charge in [0.25, 0.3) is 0 Å². The van der Waals surface area contributed by atoms with Gasteiger partial charge in [0.1, 0.15) is 30.5 Å². The minimum Gasteiger partial charge on any atom is -0.394 e.